The predicted octanol–water partition coefficient (Wildman–Crippen LogP) is 4.06. The number of ketones is 2. The SMILES string of the molecule is CC(OC(=O)COc1cccc(Cl)c1)C(=O)Nc1cccc2c1C(=O)c1ccccc1C2=O. The molecule has 3 aromatic carbocycles. The van der Waals surface area contributed by atoms with Crippen LogP contribution in [0.3, 0.4) is 0 Å². The van der Waals surface area contributed by atoms with E-state index in [4.69, 9.17) is 21.1 Å². The molecule has 33 heavy (non-hydrogen) atoms. The summed E-state index contributed by atoms with van der Waals surface area (Å²) in [6, 6.07) is 17.7. The fourth-order valence-corrected chi connectivity index (χ4v) is 3.65. The summed E-state index contributed by atoms with van der Waals surface area (Å²) in [4.78, 5) is 50.6. The second kappa shape index (κ2) is 9.26. The number of hydrogen-bond donors (Lipinski definition) is 1. The van der Waals surface area contributed by atoms with E-state index in [1.165, 1.54) is 19.1 Å². The molecule has 4 rings (SSSR count). The van der Waals surface area contributed by atoms with Gasteiger partial charge in [0.1, 0.15) is 5.75 Å². The van der Waals surface area contributed by atoms with Crippen molar-refractivity contribution in [3.05, 3.63) is 94.0 Å². The van der Waals surface area contributed by atoms with Crippen LogP contribution in [0.1, 0.15) is 38.8 Å². The molecule has 0 spiro atoms. The summed E-state index contributed by atoms with van der Waals surface area (Å²) in [6.07, 6.45) is -1.17. The molecule has 1 amide bonds. The van der Waals surface area contributed by atoms with E-state index in [1.54, 1.807) is 54.6 Å². The Labute approximate surface area is 194 Å². The number of halogens is 1. The largest absolute Gasteiger partial charge is 0.482 e. The van der Waals surface area contributed by atoms with E-state index < -0.39 is 24.6 Å². The van der Waals surface area contributed by atoms with Gasteiger partial charge >= 0.3 is 5.97 Å². The highest BCUT2D eigenvalue weighted by atomic mass is 35.5. The summed E-state index contributed by atoms with van der Waals surface area (Å²) in [5, 5.41) is 3.04. The minimum atomic E-state index is -1.17. The van der Waals surface area contributed by atoms with Crippen LogP contribution in [-0.4, -0.2) is 36.2 Å². The van der Waals surface area contributed by atoms with E-state index in [-0.39, 0.29) is 33.9 Å². The molecule has 166 valence electrons. The van der Waals surface area contributed by atoms with Gasteiger partial charge < -0.3 is 14.8 Å². The van der Waals surface area contributed by atoms with Crippen molar-refractivity contribution in [1.29, 1.82) is 0 Å². The Morgan fingerprint density at radius 2 is 1.58 bits per heavy atom. The van der Waals surface area contributed by atoms with Crippen LogP contribution in [0, 0.1) is 0 Å². The first-order chi connectivity index (χ1) is 15.8. The number of nitrogens with one attached hydrogen (secondary N) is 1. The van der Waals surface area contributed by atoms with Crippen molar-refractivity contribution in [2.45, 2.75) is 13.0 Å². The zero-order chi connectivity index (χ0) is 23.5. The molecule has 0 heterocycles. The standard InChI is InChI=1S/C25H18ClNO6/c1-14(33-21(28)13-32-16-7-4-6-15(26)12-16)25(31)27-20-11-5-10-19-22(20)24(30)18-9-3-2-8-17(18)23(19)29/h2-12,14H,13H2,1H3,(H,27,31). The Kier molecular flexibility index (Phi) is 6.24. The highest BCUT2D eigenvalue weighted by Crippen LogP contribution is 2.32. The fourth-order valence-electron chi connectivity index (χ4n) is 3.47. The fraction of sp³-hybridized carbons (Fsp3) is 0.120. The number of carbonyl (C=O) groups is 4. The second-order valence-corrected chi connectivity index (χ2v) is 7.74. The summed E-state index contributed by atoms with van der Waals surface area (Å²) in [6.45, 7) is 0.979. The molecule has 0 aromatic heterocycles. The molecule has 8 heteroatoms. The highest BCUT2D eigenvalue weighted by Gasteiger charge is 2.32. The van der Waals surface area contributed by atoms with Crippen LogP contribution in [0.2, 0.25) is 5.02 Å². The molecular weight excluding hydrogens is 446 g/mol. The average Bonchev–Trinajstić information content (AvgIpc) is 2.81. The normalized spacial score (nSPS) is 12.9. The minimum Gasteiger partial charge on any atom is -0.482 e. The molecule has 0 saturated heterocycles. The van der Waals surface area contributed by atoms with Crippen molar-refractivity contribution in [2.75, 3.05) is 11.9 Å². The molecule has 1 N–H and O–H groups in total. The lowest BCUT2D eigenvalue weighted by atomic mass is 9.83. The molecule has 1 unspecified atom stereocenters. The third-order valence-electron chi connectivity index (χ3n) is 5.04. The van der Waals surface area contributed by atoms with Gasteiger partial charge in [-0.1, -0.05) is 54.1 Å². The lowest BCUT2D eigenvalue weighted by Gasteiger charge is -2.21. The molecule has 1 aliphatic carbocycles. The Balaban J connectivity index is 1.44. The zero-order valence-electron chi connectivity index (χ0n) is 17.5. The number of amides is 1. The van der Waals surface area contributed by atoms with Crippen LogP contribution in [0.25, 0.3) is 0 Å². The highest BCUT2D eigenvalue weighted by molar-refractivity contribution is 6.31. The first-order valence-electron chi connectivity index (χ1n) is 10.1. The van der Waals surface area contributed by atoms with Crippen molar-refractivity contribution in [3.63, 3.8) is 0 Å². The van der Waals surface area contributed by atoms with Crippen molar-refractivity contribution in [2.24, 2.45) is 0 Å². The van der Waals surface area contributed by atoms with E-state index in [9.17, 15) is 19.2 Å². The van der Waals surface area contributed by atoms with E-state index in [1.807, 2.05) is 0 Å². The van der Waals surface area contributed by atoms with Crippen LogP contribution in [-0.2, 0) is 14.3 Å². The van der Waals surface area contributed by atoms with E-state index in [0.29, 0.717) is 16.3 Å². The first kappa shape index (κ1) is 22.2. The molecule has 1 atom stereocenters. The number of benzene rings is 3. The monoisotopic (exact) mass is 463 g/mol. The van der Waals surface area contributed by atoms with Gasteiger partial charge in [0.2, 0.25) is 0 Å². The van der Waals surface area contributed by atoms with E-state index in [2.05, 4.69) is 5.32 Å². The van der Waals surface area contributed by atoms with Gasteiger partial charge in [0, 0.05) is 21.7 Å². The minimum absolute atomic E-state index is 0.109. The maximum absolute atomic E-state index is 13.0. The number of ether oxygens (including phenoxy) is 2. The van der Waals surface area contributed by atoms with Crippen molar-refractivity contribution in [1.82, 2.24) is 0 Å². The van der Waals surface area contributed by atoms with Gasteiger partial charge in [0.05, 0.1) is 11.3 Å². The summed E-state index contributed by atoms with van der Waals surface area (Å²) < 4.78 is 10.4. The van der Waals surface area contributed by atoms with Crippen LogP contribution < -0.4 is 10.1 Å². The quantitative estimate of drug-likeness (QED) is 0.433. The zero-order valence-corrected chi connectivity index (χ0v) is 18.2. The summed E-state index contributed by atoms with van der Waals surface area (Å²) >= 11 is 5.87. The van der Waals surface area contributed by atoms with Crippen LogP contribution in [0.15, 0.2) is 66.7 Å². The van der Waals surface area contributed by atoms with Gasteiger partial charge in [-0.05, 0) is 31.2 Å². The first-order valence-corrected chi connectivity index (χ1v) is 10.4. The van der Waals surface area contributed by atoms with Crippen molar-refractivity contribution in [3.8, 4) is 5.75 Å². The molecular formula is C25H18ClNO6. The van der Waals surface area contributed by atoms with Gasteiger partial charge in [-0.3, -0.25) is 14.4 Å². The Morgan fingerprint density at radius 3 is 2.30 bits per heavy atom. The Hall–Kier alpha value is -3.97. The maximum atomic E-state index is 13.0. The Morgan fingerprint density at radius 1 is 0.909 bits per heavy atom. The van der Waals surface area contributed by atoms with E-state index >= 15 is 0 Å². The number of hydrogen-bond acceptors (Lipinski definition) is 6. The third-order valence-corrected chi connectivity index (χ3v) is 5.28. The molecule has 3 aromatic rings. The molecule has 0 radical (unpaired) electrons. The number of esters is 1. The van der Waals surface area contributed by atoms with Gasteiger partial charge in [-0.2, -0.15) is 0 Å². The number of anilines is 1. The van der Waals surface area contributed by atoms with Gasteiger partial charge in [0.25, 0.3) is 5.91 Å². The van der Waals surface area contributed by atoms with Crippen LogP contribution in [0.4, 0.5) is 5.69 Å². The topological polar surface area (TPSA) is 98.8 Å². The molecule has 1 aliphatic rings. The molecule has 0 saturated carbocycles. The maximum Gasteiger partial charge on any atom is 0.344 e. The third kappa shape index (κ3) is 4.63. The smallest absolute Gasteiger partial charge is 0.344 e. The number of rotatable bonds is 6. The van der Waals surface area contributed by atoms with Crippen LogP contribution >= 0.6 is 11.6 Å². The van der Waals surface area contributed by atoms with Gasteiger partial charge in [-0.15, -0.1) is 0 Å². The average molecular weight is 464 g/mol. The molecule has 0 bridgehead atoms. The lowest BCUT2D eigenvalue weighted by molar-refractivity contribution is -0.155. The van der Waals surface area contributed by atoms with Gasteiger partial charge in [0.15, 0.2) is 24.3 Å². The summed E-state index contributed by atoms with van der Waals surface area (Å²) in [7, 11) is 0. The summed E-state index contributed by atoms with van der Waals surface area (Å²) in [5.74, 6) is -1.69. The Bertz CT molecular complexity index is 1290. The van der Waals surface area contributed by atoms with E-state index in [0.717, 1.165) is 0 Å². The predicted molar refractivity (Wildman–Crippen MR) is 121 cm³/mol. The number of carbonyl (C=O) groups excluding carboxylic acids is 4. The second-order valence-electron chi connectivity index (χ2n) is 7.30. The molecule has 0 fully saturated rings. The lowest BCUT2D eigenvalue weighted by Crippen LogP contribution is -2.32. The van der Waals surface area contributed by atoms with Crippen molar-refractivity contribution >= 4 is 40.7 Å². The molecule has 7 nitrogen and oxygen atoms in total. The van der Waals surface area contributed by atoms with Gasteiger partial charge in [-0.25, -0.2) is 4.79 Å². The number of fused-ring (bicyclic) bond motifs is 2. The summed E-state index contributed by atoms with van der Waals surface area (Å²) in [5.41, 5.74) is 1.08. The van der Waals surface area contributed by atoms with Crippen LogP contribution in [0.5, 0.6) is 5.75 Å². The van der Waals surface area contributed by atoms with Crippen molar-refractivity contribution < 1.29 is 28.7 Å². The molecule has 0 aliphatic heterocycles.